The number of aryl methyl sites for hydroxylation is 1. The summed E-state index contributed by atoms with van der Waals surface area (Å²) in [6.07, 6.45) is 0.720. The zero-order valence-corrected chi connectivity index (χ0v) is 14.4. The summed E-state index contributed by atoms with van der Waals surface area (Å²) in [5.74, 6) is 1.39. The number of carbonyl (C=O) groups is 1. The van der Waals surface area contributed by atoms with E-state index in [1.54, 1.807) is 14.2 Å². The van der Waals surface area contributed by atoms with Crippen LogP contribution in [-0.4, -0.2) is 26.8 Å². The molecule has 2 amide bonds. The molecule has 0 bridgehead atoms. The Kier molecular flexibility index (Phi) is 6.49. The quantitative estimate of drug-likeness (QED) is 0.821. The van der Waals surface area contributed by atoms with Crippen molar-refractivity contribution < 1.29 is 14.3 Å². The first-order valence-electron chi connectivity index (χ1n) is 7.91. The highest BCUT2D eigenvalue weighted by molar-refractivity contribution is 5.73. The van der Waals surface area contributed by atoms with Crippen molar-refractivity contribution in [1.82, 2.24) is 10.6 Å². The van der Waals surface area contributed by atoms with Crippen molar-refractivity contribution in [2.75, 3.05) is 20.8 Å². The molecule has 2 rings (SSSR count). The lowest BCUT2D eigenvalue weighted by molar-refractivity contribution is 0.240. The molecule has 0 saturated heterocycles. The number of nitrogens with one attached hydrogen (secondary N) is 2. The molecule has 0 aliphatic carbocycles. The Hall–Kier alpha value is -2.69. The monoisotopic (exact) mass is 328 g/mol. The lowest BCUT2D eigenvalue weighted by atomic mass is 10.1. The molecule has 0 aromatic heterocycles. The molecule has 0 aliphatic rings. The van der Waals surface area contributed by atoms with Gasteiger partial charge in [0.15, 0.2) is 11.5 Å². The first kappa shape index (κ1) is 17.7. The summed E-state index contributed by atoms with van der Waals surface area (Å²) in [5.41, 5.74) is 3.36. The maximum absolute atomic E-state index is 11.9. The van der Waals surface area contributed by atoms with E-state index in [0.29, 0.717) is 24.6 Å². The highest BCUT2D eigenvalue weighted by Crippen LogP contribution is 2.27. The van der Waals surface area contributed by atoms with E-state index in [1.807, 2.05) is 49.4 Å². The summed E-state index contributed by atoms with van der Waals surface area (Å²) in [7, 11) is 3.22. The van der Waals surface area contributed by atoms with Crippen LogP contribution in [0.1, 0.15) is 16.7 Å². The van der Waals surface area contributed by atoms with Crippen molar-refractivity contribution in [1.29, 1.82) is 0 Å². The second kappa shape index (κ2) is 8.82. The number of methoxy groups -OCH3 is 2. The fraction of sp³-hybridized carbons (Fsp3) is 0.316. The van der Waals surface area contributed by atoms with E-state index in [9.17, 15) is 4.79 Å². The molecule has 0 unspecified atom stereocenters. The molecule has 2 aromatic carbocycles. The maximum Gasteiger partial charge on any atom is 0.315 e. The average molecular weight is 328 g/mol. The van der Waals surface area contributed by atoms with E-state index < -0.39 is 0 Å². The summed E-state index contributed by atoms with van der Waals surface area (Å²) in [4.78, 5) is 11.9. The molecule has 0 atom stereocenters. The van der Waals surface area contributed by atoms with E-state index in [0.717, 1.165) is 17.5 Å². The van der Waals surface area contributed by atoms with Crippen LogP contribution in [0.3, 0.4) is 0 Å². The van der Waals surface area contributed by atoms with Gasteiger partial charge in [-0.25, -0.2) is 4.79 Å². The molecule has 24 heavy (non-hydrogen) atoms. The fourth-order valence-electron chi connectivity index (χ4n) is 2.40. The van der Waals surface area contributed by atoms with E-state index in [-0.39, 0.29) is 6.03 Å². The average Bonchev–Trinajstić information content (AvgIpc) is 2.61. The van der Waals surface area contributed by atoms with Crippen LogP contribution in [0.5, 0.6) is 11.5 Å². The normalized spacial score (nSPS) is 10.1. The van der Waals surface area contributed by atoms with Gasteiger partial charge in [-0.3, -0.25) is 0 Å². The highest BCUT2D eigenvalue weighted by atomic mass is 16.5. The van der Waals surface area contributed by atoms with Gasteiger partial charge < -0.3 is 20.1 Å². The zero-order valence-electron chi connectivity index (χ0n) is 14.4. The predicted molar refractivity (Wildman–Crippen MR) is 94.7 cm³/mol. The van der Waals surface area contributed by atoms with Gasteiger partial charge in [0.25, 0.3) is 0 Å². The molecule has 0 fully saturated rings. The smallest absolute Gasteiger partial charge is 0.315 e. The molecule has 5 heteroatoms. The van der Waals surface area contributed by atoms with E-state index >= 15 is 0 Å². The molecule has 0 saturated carbocycles. The van der Waals surface area contributed by atoms with Crippen LogP contribution >= 0.6 is 0 Å². The topological polar surface area (TPSA) is 59.6 Å². The standard InChI is InChI=1S/C19H24N2O3/c1-14-6-4-5-7-16(14)13-21-19(22)20-11-10-15-8-9-17(23-2)18(12-15)24-3/h4-9,12H,10-11,13H2,1-3H3,(H2,20,21,22). The largest absolute Gasteiger partial charge is 0.493 e. The third kappa shape index (κ3) is 4.91. The molecular formula is C19H24N2O3. The van der Waals surface area contributed by atoms with Gasteiger partial charge in [-0.05, 0) is 42.2 Å². The predicted octanol–water partition coefficient (Wildman–Crippen LogP) is 3.05. The fourth-order valence-corrected chi connectivity index (χ4v) is 2.40. The number of hydrogen-bond donors (Lipinski definition) is 2. The number of benzene rings is 2. The van der Waals surface area contributed by atoms with E-state index in [1.165, 1.54) is 5.56 Å². The van der Waals surface area contributed by atoms with Crippen LogP contribution in [0.4, 0.5) is 4.79 Å². The SMILES string of the molecule is COc1ccc(CCNC(=O)NCc2ccccc2C)cc1OC. The molecule has 0 aliphatic heterocycles. The summed E-state index contributed by atoms with van der Waals surface area (Å²) in [5, 5.41) is 5.74. The lowest BCUT2D eigenvalue weighted by Gasteiger charge is -2.11. The Morgan fingerprint density at radius 1 is 1.00 bits per heavy atom. The van der Waals surface area contributed by atoms with E-state index in [2.05, 4.69) is 10.6 Å². The van der Waals surface area contributed by atoms with Crippen LogP contribution < -0.4 is 20.1 Å². The molecule has 0 heterocycles. The molecule has 0 radical (unpaired) electrons. The number of carbonyl (C=O) groups excluding carboxylic acids is 1. The van der Waals surface area contributed by atoms with Crippen LogP contribution in [0.15, 0.2) is 42.5 Å². The van der Waals surface area contributed by atoms with Gasteiger partial charge >= 0.3 is 6.03 Å². The lowest BCUT2D eigenvalue weighted by Crippen LogP contribution is -2.36. The third-order valence-electron chi connectivity index (χ3n) is 3.85. The number of rotatable bonds is 7. The molecule has 0 spiro atoms. The van der Waals surface area contributed by atoms with E-state index in [4.69, 9.17) is 9.47 Å². The summed E-state index contributed by atoms with van der Waals surface area (Å²) in [6.45, 7) is 3.11. The van der Waals surface area contributed by atoms with Crippen molar-refractivity contribution in [2.45, 2.75) is 19.9 Å². The number of amides is 2. The Morgan fingerprint density at radius 2 is 1.75 bits per heavy atom. The van der Waals surface area contributed by atoms with Crippen LogP contribution in [0.2, 0.25) is 0 Å². The van der Waals surface area contributed by atoms with Crippen molar-refractivity contribution in [3.05, 3.63) is 59.2 Å². The Morgan fingerprint density at radius 3 is 2.46 bits per heavy atom. The third-order valence-corrected chi connectivity index (χ3v) is 3.85. The van der Waals surface area contributed by atoms with Gasteiger partial charge in [-0.2, -0.15) is 0 Å². The minimum absolute atomic E-state index is 0.168. The molecule has 5 nitrogen and oxygen atoms in total. The van der Waals surface area contributed by atoms with Crippen molar-refractivity contribution in [3.8, 4) is 11.5 Å². The van der Waals surface area contributed by atoms with Gasteiger partial charge in [0.05, 0.1) is 14.2 Å². The van der Waals surface area contributed by atoms with Gasteiger partial charge in [-0.15, -0.1) is 0 Å². The van der Waals surface area contributed by atoms with Crippen molar-refractivity contribution in [3.63, 3.8) is 0 Å². The first-order valence-corrected chi connectivity index (χ1v) is 7.91. The summed E-state index contributed by atoms with van der Waals surface area (Å²) in [6, 6.07) is 13.6. The molecule has 2 aromatic rings. The van der Waals surface area contributed by atoms with Gasteiger partial charge in [0.1, 0.15) is 0 Å². The Labute approximate surface area is 143 Å². The van der Waals surface area contributed by atoms with Gasteiger partial charge in [0, 0.05) is 13.1 Å². The maximum atomic E-state index is 11.9. The Balaban J connectivity index is 1.77. The minimum atomic E-state index is -0.168. The molecular weight excluding hydrogens is 304 g/mol. The minimum Gasteiger partial charge on any atom is -0.493 e. The second-order valence-electron chi connectivity index (χ2n) is 5.48. The van der Waals surface area contributed by atoms with Crippen LogP contribution in [-0.2, 0) is 13.0 Å². The first-order chi connectivity index (χ1) is 11.6. The second-order valence-corrected chi connectivity index (χ2v) is 5.48. The zero-order chi connectivity index (χ0) is 17.4. The Bertz CT molecular complexity index is 686. The van der Waals surface area contributed by atoms with Crippen molar-refractivity contribution in [2.24, 2.45) is 0 Å². The highest BCUT2D eigenvalue weighted by Gasteiger charge is 2.06. The number of hydrogen-bond acceptors (Lipinski definition) is 3. The number of ether oxygens (including phenoxy) is 2. The van der Waals surface area contributed by atoms with Crippen LogP contribution in [0.25, 0.3) is 0 Å². The molecule has 2 N–H and O–H groups in total. The summed E-state index contributed by atoms with van der Waals surface area (Å²) >= 11 is 0. The van der Waals surface area contributed by atoms with Crippen LogP contribution in [0, 0.1) is 6.92 Å². The summed E-state index contributed by atoms with van der Waals surface area (Å²) < 4.78 is 10.5. The molecule has 128 valence electrons. The van der Waals surface area contributed by atoms with Gasteiger partial charge in [-0.1, -0.05) is 30.3 Å². The van der Waals surface area contributed by atoms with Crippen molar-refractivity contribution >= 4 is 6.03 Å². The number of urea groups is 1. The van der Waals surface area contributed by atoms with Gasteiger partial charge in [0.2, 0.25) is 0 Å².